The molecule has 152 valence electrons. The van der Waals surface area contributed by atoms with Crippen LogP contribution in [0.3, 0.4) is 0 Å². The van der Waals surface area contributed by atoms with E-state index in [2.05, 4.69) is 21.2 Å². The lowest BCUT2D eigenvalue weighted by Gasteiger charge is -2.21. The quantitative estimate of drug-likeness (QED) is 0.363. The fraction of sp³-hybridized carbons (Fsp3) is 0.591. The van der Waals surface area contributed by atoms with Crippen molar-refractivity contribution in [3.63, 3.8) is 0 Å². The normalized spacial score (nSPS) is 20.9. The van der Waals surface area contributed by atoms with E-state index in [1.807, 2.05) is 18.2 Å². The van der Waals surface area contributed by atoms with Gasteiger partial charge in [-0.15, -0.1) is 0 Å². The van der Waals surface area contributed by atoms with E-state index in [1.165, 1.54) is 44.9 Å². The summed E-state index contributed by atoms with van der Waals surface area (Å²) in [6.45, 7) is 0.691. The van der Waals surface area contributed by atoms with E-state index in [4.69, 9.17) is 4.74 Å². The van der Waals surface area contributed by atoms with Gasteiger partial charge in [-0.3, -0.25) is 19.7 Å². The highest BCUT2D eigenvalue weighted by molar-refractivity contribution is 9.10. The van der Waals surface area contributed by atoms with Gasteiger partial charge in [-0.2, -0.15) is 0 Å². The summed E-state index contributed by atoms with van der Waals surface area (Å²) in [6, 6.07) is 5.63. The smallest absolute Gasteiger partial charge is 0.237 e. The number of piperidine rings is 1. The molecule has 0 spiro atoms. The number of ether oxygens (including phenoxy) is 1. The predicted octanol–water partition coefficient (Wildman–Crippen LogP) is 4.35. The summed E-state index contributed by atoms with van der Waals surface area (Å²) in [4.78, 5) is 35.1. The SMILES string of the molecule is O=C1CC(=O)C(Cc2ccc(OCCCCC3CCCCC3)c(Br)c2)C(=O)N1. The van der Waals surface area contributed by atoms with Gasteiger partial charge in [-0.25, -0.2) is 0 Å². The molecule has 1 atom stereocenters. The molecule has 5 nitrogen and oxygen atoms in total. The van der Waals surface area contributed by atoms with Gasteiger partial charge >= 0.3 is 0 Å². The average molecular weight is 450 g/mol. The van der Waals surface area contributed by atoms with E-state index < -0.39 is 17.7 Å². The summed E-state index contributed by atoms with van der Waals surface area (Å²) in [7, 11) is 0. The molecule has 1 aromatic rings. The Labute approximate surface area is 174 Å². The topological polar surface area (TPSA) is 72.5 Å². The number of hydrogen-bond donors (Lipinski definition) is 1. The maximum atomic E-state index is 12.0. The molecule has 1 saturated heterocycles. The lowest BCUT2D eigenvalue weighted by atomic mass is 9.86. The maximum absolute atomic E-state index is 12.0. The van der Waals surface area contributed by atoms with Crippen LogP contribution in [0.2, 0.25) is 0 Å². The highest BCUT2D eigenvalue weighted by Crippen LogP contribution is 2.29. The van der Waals surface area contributed by atoms with Gasteiger partial charge in [0.1, 0.15) is 11.7 Å². The Balaban J connectivity index is 1.44. The first-order chi connectivity index (χ1) is 13.5. The minimum atomic E-state index is -0.795. The molecule has 0 bridgehead atoms. The van der Waals surface area contributed by atoms with Gasteiger partial charge in [-0.05, 0) is 58.8 Å². The summed E-state index contributed by atoms with van der Waals surface area (Å²) < 4.78 is 6.71. The average Bonchev–Trinajstić information content (AvgIpc) is 2.66. The molecule has 1 unspecified atom stereocenters. The van der Waals surface area contributed by atoms with Crippen molar-refractivity contribution in [3.05, 3.63) is 28.2 Å². The third-order valence-electron chi connectivity index (χ3n) is 5.73. The van der Waals surface area contributed by atoms with E-state index >= 15 is 0 Å². The number of carbonyl (C=O) groups excluding carboxylic acids is 3. The number of unbranched alkanes of at least 4 members (excludes halogenated alkanes) is 1. The summed E-state index contributed by atoms with van der Waals surface area (Å²) in [5, 5.41) is 2.23. The first-order valence-electron chi connectivity index (χ1n) is 10.3. The number of benzene rings is 1. The molecule has 1 aromatic carbocycles. The molecular formula is C22H28BrNO4. The monoisotopic (exact) mass is 449 g/mol. The Morgan fingerprint density at radius 1 is 1.07 bits per heavy atom. The van der Waals surface area contributed by atoms with Crippen molar-refractivity contribution in [3.8, 4) is 5.75 Å². The van der Waals surface area contributed by atoms with Crippen LogP contribution in [0.1, 0.15) is 63.4 Å². The zero-order valence-corrected chi connectivity index (χ0v) is 17.8. The number of halogens is 1. The lowest BCUT2D eigenvalue weighted by Crippen LogP contribution is -2.46. The lowest BCUT2D eigenvalue weighted by molar-refractivity contribution is -0.143. The van der Waals surface area contributed by atoms with Gasteiger partial charge < -0.3 is 4.74 Å². The molecule has 0 aromatic heterocycles. The van der Waals surface area contributed by atoms with Crippen molar-refractivity contribution in [2.45, 2.75) is 64.2 Å². The summed E-state index contributed by atoms with van der Waals surface area (Å²) in [6.07, 6.45) is 10.6. The van der Waals surface area contributed by atoms with Crippen LogP contribution in [0.4, 0.5) is 0 Å². The second-order valence-electron chi connectivity index (χ2n) is 7.93. The highest BCUT2D eigenvalue weighted by atomic mass is 79.9. The van der Waals surface area contributed by atoms with Gasteiger partial charge in [0.05, 0.1) is 17.5 Å². The largest absolute Gasteiger partial charge is 0.492 e. The molecule has 2 fully saturated rings. The van der Waals surface area contributed by atoms with Crippen LogP contribution >= 0.6 is 15.9 Å². The molecule has 1 heterocycles. The first-order valence-corrected chi connectivity index (χ1v) is 11.1. The van der Waals surface area contributed by atoms with E-state index in [0.29, 0.717) is 6.61 Å². The Morgan fingerprint density at radius 2 is 1.86 bits per heavy atom. The van der Waals surface area contributed by atoms with Crippen LogP contribution in [0.25, 0.3) is 0 Å². The van der Waals surface area contributed by atoms with Gasteiger partial charge in [0.25, 0.3) is 0 Å². The predicted molar refractivity (Wildman–Crippen MR) is 110 cm³/mol. The molecule has 1 saturated carbocycles. The van der Waals surface area contributed by atoms with E-state index in [9.17, 15) is 14.4 Å². The Bertz CT molecular complexity index is 707. The fourth-order valence-corrected chi connectivity index (χ4v) is 4.66. The van der Waals surface area contributed by atoms with Crippen LogP contribution in [0.5, 0.6) is 5.75 Å². The number of Topliss-reactive ketones (excluding diaryl/α,β-unsaturated/α-hetero) is 1. The molecule has 3 rings (SSSR count). The zero-order chi connectivity index (χ0) is 19.9. The third kappa shape index (κ3) is 5.90. The van der Waals surface area contributed by atoms with Crippen LogP contribution in [0, 0.1) is 11.8 Å². The molecule has 1 aliphatic carbocycles. The van der Waals surface area contributed by atoms with Crippen LogP contribution < -0.4 is 10.1 Å². The molecular weight excluding hydrogens is 422 g/mol. The van der Waals surface area contributed by atoms with Gasteiger partial charge in [0, 0.05) is 0 Å². The summed E-state index contributed by atoms with van der Waals surface area (Å²) >= 11 is 3.52. The third-order valence-corrected chi connectivity index (χ3v) is 6.35. The molecule has 1 aliphatic heterocycles. The second-order valence-corrected chi connectivity index (χ2v) is 8.78. The Hall–Kier alpha value is -1.69. The molecule has 1 N–H and O–H groups in total. The van der Waals surface area contributed by atoms with Crippen molar-refractivity contribution in [1.29, 1.82) is 0 Å². The molecule has 6 heteroatoms. The molecule has 2 aliphatic rings. The van der Waals surface area contributed by atoms with Crippen molar-refractivity contribution in [2.75, 3.05) is 6.61 Å². The van der Waals surface area contributed by atoms with Crippen LogP contribution in [-0.2, 0) is 20.8 Å². The zero-order valence-electron chi connectivity index (χ0n) is 16.2. The minimum absolute atomic E-state index is 0.223. The first kappa shape index (κ1) is 21.0. The van der Waals surface area contributed by atoms with E-state index in [0.717, 1.165) is 28.1 Å². The van der Waals surface area contributed by atoms with Crippen molar-refractivity contribution >= 4 is 33.5 Å². The van der Waals surface area contributed by atoms with Crippen LogP contribution in [-0.4, -0.2) is 24.2 Å². The number of amides is 2. The summed E-state index contributed by atoms with van der Waals surface area (Å²) in [5.74, 6) is -0.444. The van der Waals surface area contributed by atoms with Gasteiger partial charge in [0.2, 0.25) is 11.8 Å². The fourth-order valence-electron chi connectivity index (χ4n) is 4.12. The molecule has 28 heavy (non-hydrogen) atoms. The Kier molecular flexibility index (Phi) is 7.65. The number of imide groups is 1. The minimum Gasteiger partial charge on any atom is -0.492 e. The second kappa shape index (κ2) is 10.2. The number of ketones is 1. The van der Waals surface area contributed by atoms with Crippen molar-refractivity contribution < 1.29 is 19.1 Å². The van der Waals surface area contributed by atoms with Crippen molar-refractivity contribution in [1.82, 2.24) is 5.32 Å². The van der Waals surface area contributed by atoms with E-state index in [1.54, 1.807) is 0 Å². The van der Waals surface area contributed by atoms with Crippen LogP contribution in [0.15, 0.2) is 22.7 Å². The van der Waals surface area contributed by atoms with E-state index in [-0.39, 0.29) is 18.6 Å². The molecule has 0 radical (unpaired) electrons. The Morgan fingerprint density at radius 3 is 2.57 bits per heavy atom. The highest BCUT2D eigenvalue weighted by Gasteiger charge is 2.34. The standard InChI is InChI=1S/C22H28BrNO4/c23-18-13-16(12-17-19(25)14-21(26)24-22(17)27)9-10-20(18)28-11-5-4-8-15-6-2-1-3-7-15/h9-10,13,15,17H,1-8,11-12,14H2,(H,24,26,27). The molecule has 2 amide bonds. The van der Waals surface area contributed by atoms with Gasteiger partial charge in [-0.1, -0.05) is 44.6 Å². The number of nitrogens with one attached hydrogen (secondary N) is 1. The number of carbonyl (C=O) groups is 3. The number of rotatable bonds is 8. The van der Waals surface area contributed by atoms with Gasteiger partial charge in [0.15, 0.2) is 5.78 Å². The summed E-state index contributed by atoms with van der Waals surface area (Å²) in [5.41, 5.74) is 0.861. The maximum Gasteiger partial charge on any atom is 0.237 e. The number of hydrogen-bond acceptors (Lipinski definition) is 4. The van der Waals surface area contributed by atoms with Crippen molar-refractivity contribution in [2.24, 2.45) is 11.8 Å².